The van der Waals surface area contributed by atoms with Gasteiger partial charge in [0.1, 0.15) is 0 Å². The first-order valence-electron chi connectivity index (χ1n) is 8.94. The van der Waals surface area contributed by atoms with Crippen LogP contribution in [0.1, 0.15) is 0 Å². The van der Waals surface area contributed by atoms with Crippen molar-refractivity contribution < 1.29 is 0 Å². The van der Waals surface area contributed by atoms with Crippen LogP contribution in [0.3, 0.4) is 0 Å². The number of hydrogen-bond acceptors (Lipinski definition) is 0. The van der Waals surface area contributed by atoms with E-state index >= 15 is 0 Å². The Bertz CT molecular complexity index is 1360. The molecule has 0 saturated heterocycles. The van der Waals surface area contributed by atoms with Gasteiger partial charge in [-0.1, -0.05) is 42.5 Å². The predicted molar refractivity (Wildman–Crippen MR) is 115 cm³/mol. The van der Waals surface area contributed by atoms with E-state index in [-0.39, 0.29) is 0 Å². The van der Waals surface area contributed by atoms with Crippen LogP contribution in [0, 0.1) is 0 Å². The molecule has 5 aromatic rings. The Kier molecular flexibility index (Phi) is 2.62. The molecule has 4 aromatic carbocycles. The quantitative estimate of drug-likeness (QED) is 0.310. The van der Waals surface area contributed by atoms with E-state index in [1.807, 2.05) is 0 Å². The minimum atomic E-state index is -0.944. The van der Waals surface area contributed by atoms with Crippen LogP contribution < -0.4 is 0 Å². The average Bonchev–Trinajstić information content (AvgIpc) is 3.13. The summed E-state index contributed by atoms with van der Waals surface area (Å²) in [5, 5.41) is 5.31. The Hall–Kier alpha value is -2.71. The molecule has 26 heavy (non-hydrogen) atoms. The third-order valence-electron chi connectivity index (χ3n) is 5.86. The number of aromatic nitrogens is 1. The smallest absolute Gasteiger partial charge is 0.0471 e. The number of para-hydroxylation sites is 1. The lowest BCUT2D eigenvalue weighted by molar-refractivity contribution is 1.47. The Balaban J connectivity index is 1.80. The van der Waals surface area contributed by atoms with Crippen LogP contribution in [0.4, 0.5) is 0 Å². The summed E-state index contributed by atoms with van der Waals surface area (Å²) in [6.45, 7) is 0. The van der Waals surface area contributed by atoms with Crippen molar-refractivity contribution in [2.75, 3.05) is 12.5 Å². The third kappa shape index (κ3) is 1.68. The minimum Gasteiger partial charge on any atom is -0.354 e. The van der Waals surface area contributed by atoms with Crippen molar-refractivity contribution in [1.29, 1.82) is 0 Å². The zero-order valence-electron chi connectivity index (χ0n) is 14.8. The van der Waals surface area contributed by atoms with Gasteiger partial charge in [-0.15, -0.1) is 0 Å². The van der Waals surface area contributed by atoms with E-state index in [1.54, 1.807) is 0 Å². The van der Waals surface area contributed by atoms with Gasteiger partial charge in [0.25, 0.3) is 0 Å². The highest BCUT2D eigenvalue weighted by Gasteiger charge is 2.32. The fourth-order valence-electron chi connectivity index (χ4n) is 4.59. The number of aromatic amines is 1. The molecule has 6 rings (SSSR count). The van der Waals surface area contributed by atoms with Crippen LogP contribution in [0.15, 0.2) is 82.6 Å². The first-order valence-corrected chi connectivity index (χ1v) is 11.4. The van der Waals surface area contributed by atoms with Gasteiger partial charge in [0.15, 0.2) is 0 Å². The highest BCUT2D eigenvalue weighted by molar-refractivity contribution is 8.33. The van der Waals surface area contributed by atoms with Gasteiger partial charge in [0, 0.05) is 37.2 Å². The summed E-state index contributed by atoms with van der Waals surface area (Å²) in [6, 6.07) is 26.9. The molecule has 1 nitrogen and oxygen atoms in total. The van der Waals surface area contributed by atoms with Crippen molar-refractivity contribution in [3.05, 3.63) is 72.8 Å². The van der Waals surface area contributed by atoms with Crippen molar-refractivity contribution in [1.82, 2.24) is 4.98 Å². The summed E-state index contributed by atoms with van der Waals surface area (Å²) >= 11 is 0. The number of rotatable bonds is 0. The third-order valence-corrected chi connectivity index (χ3v) is 8.76. The van der Waals surface area contributed by atoms with Crippen LogP contribution >= 0.6 is 10.0 Å². The monoisotopic (exact) mass is 353 g/mol. The molecule has 0 amide bonds. The number of nitrogens with one attached hydrogen (secondary N) is 1. The lowest BCUT2D eigenvalue weighted by atomic mass is 9.97. The van der Waals surface area contributed by atoms with Gasteiger partial charge in [-0.05, 0) is 59.2 Å². The molecule has 0 unspecified atom stereocenters. The molecule has 0 radical (unpaired) electrons. The molecule has 0 saturated carbocycles. The van der Waals surface area contributed by atoms with Crippen molar-refractivity contribution in [2.24, 2.45) is 0 Å². The summed E-state index contributed by atoms with van der Waals surface area (Å²) in [5.41, 5.74) is 5.30. The summed E-state index contributed by atoms with van der Waals surface area (Å²) in [7, 11) is -0.944. The second-order valence-electron chi connectivity index (χ2n) is 7.55. The van der Waals surface area contributed by atoms with E-state index in [0.29, 0.717) is 0 Å². The molecule has 126 valence electrons. The maximum atomic E-state index is 3.61. The Morgan fingerprint density at radius 2 is 1.46 bits per heavy atom. The molecule has 0 bridgehead atoms. The molecular formula is C24H19NS. The van der Waals surface area contributed by atoms with E-state index in [9.17, 15) is 0 Å². The molecule has 1 aliphatic heterocycles. The normalized spacial score (nSPS) is 16.1. The maximum absolute atomic E-state index is 3.61. The number of H-pyrrole nitrogens is 1. The standard InChI is InChI=1S/C24H19NS/c1-26(2)22-10-6-4-8-17(22)24-18-14-21-19(13-15(18)11-12-23(24)26)16-7-3-5-9-20(16)25-21/h3-14,25H,1-2H3. The van der Waals surface area contributed by atoms with Crippen LogP contribution in [0.25, 0.3) is 43.7 Å². The summed E-state index contributed by atoms with van der Waals surface area (Å²) in [4.78, 5) is 6.64. The Morgan fingerprint density at radius 3 is 2.38 bits per heavy atom. The minimum absolute atomic E-state index is 0.944. The van der Waals surface area contributed by atoms with E-state index < -0.39 is 10.0 Å². The van der Waals surface area contributed by atoms with Gasteiger partial charge in [0.05, 0.1) is 0 Å². The molecule has 0 atom stereocenters. The first kappa shape index (κ1) is 14.5. The van der Waals surface area contributed by atoms with Crippen LogP contribution in [-0.2, 0) is 0 Å². The molecule has 1 aliphatic rings. The van der Waals surface area contributed by atoms with E-state index in [2.05, 4.69) is 90.3 Å². The maximum Gasteiger partial charge on any atom is 0.0471 e. The lowest BCUT2D eigenvalue weighted by Crippen LogP contribution is -1.92. The number of hydrogen-bond donors (Lipinski definition) is 1. The van der Waals surface area contributed by atoms with Crippen LogP contribution in [0.5, 0.6) is 0 Å². The molecule has 0 fully saturated rings. The molecule has 1 N–H and O–H groups in total. The first-order chi connectivity index (χ1) is 12.6. The van der Waals surface area contributed by atoms with Crippen LogP contribution in [0.2, 0.25) is 0 Å². The van der Waals surface area contributed by atoms with Gasteiger partial charge in [-0.2, -0.15) is 10.0 Å². The molecular weight excluding hydrogens is 334 g/mol. The summed E-state index contributed by atoms with van der Waals surface area (Å²) in [6.07, 6.45) is 4.84. The fourth-order valence-corrected chi connectivity index (χ4v) is 7.10. The zero-order chi connectivity index (χ0) is 17.5. The van der Waals surface area contributed by atoms with E-state index in [4.69, 9.17) is 0 Å². The topological polar surface area (TPSA) is 15.8 Å². The molecule has 2 heteroatoms. The molecule has 0 aliphatic carbocycles. The fraction of sp³-hybridized carbons (Fsp3) is 0.0833. The second kappa shape index (κ2) is 4.72. The van der Waals surface area contributed by atoms with E-state index in [0.717, 1.165) is 0 Å². The van der Waals surface area contributed by atoms with Crippen LogP contribution in [-0.4, -0.2) is 17.5 Å². The van der Waals surface area contributed by atoms with Gasteiger partial charge in [-0.25, -0.2) is 0 Å². The summed E-state index contributed by atoms with van der Waals surface area (Å²) < 4.78 is 0. The highest BCUT2D eigenvalue weighted by Crippen LogP contribution is 2.68. The SMILES string of the molecule is CS1(C)c2ccccc2-c2c1ccc1cc3c(cc21)[nH]c1ccccc13. The zero-order valence-corrected chi connectivity index (χ0v) is 15.7. The Morgan fingerprint density at radius 1 is 0.654 bits per heavy atom. The lowest BCUT2D eigenvalue weighted by Gasteiger charge is -2.28. The number of fused-ring (bicyclic) bond motifs is 8. The van der Waals surface area contributed by atoms with Gasteiger partial charge >= 0.3 is 0 Å². The molecule has 2 heterocycles. The Labute approximate surface area is 154 Å². The summed E-state index contributed by atoms with van der Waals surface area (Å²) in [5.74, 6) is 0. The van der Waals surface area contributed by atoms with Crippen molar-refractivity contribution in [2.45, 2.75) is 9.79 Å². The largest absolute Gasteiger partial charge is 0.354 e. The van der Waals surface area contributed by atoms with Crippen molar-refractivity contribution in [3.63, 3.8) is 0 Å². The molecule has 0 spiro atoms. The predicted octanol–water partition coefficient (Wildman–Crippen LogP) is 6.94. The average molecular weight is 353 g/mol. The van der Waals surface area contributed by atoms with Gasteiger partial charge < -0.3 is 4.98 Å². The molecule has 1 aromatic heterocycles. The highest BCUT2D eigenvalue weighted by atomic mass is 32.3. The van der Waals surface area contributed by atoms with E-state index in [1.165, 1.54) is 53.5 Å². The number of benzene rings is 4. The second-order valence-corrected chi connectivity index (χ2v) is 11.1. The van der Waals surface area contributed by atoms with Gasteiger partial charge in [-0.3, -0.25) is 0 Å². The van der Waals surface area contributed by atoms with Crippen molar-refractivity contribution >= 4 is 42.6 Å². The van der Waals surface area contributed by atoms with Gasteiger partial charge in [0.2, 0.25) is 0 Å². The van der Waals surface area contributed by atoms with Crippen molar-refractivity contribution in [3.8, 4) is 11.1 Å².